The average Bonchev–Trinajstić information content (AvgIpc) is 2.44. The molecule has 1 amide bonds. The molecule has 0 unspecified atom stereocenters. The number of hydrogen-bond donors (Lipinski definition) is 1. The third kappa shape index (κ3) is 3.52. The number of likely N-dealkylation sites (tertiary alicyclic amines) is 1. The number of rotatable bonds is 4. The van der Waals surface area contributed by atoms with Crippen LogP contribution in [0.3, 0.4) is 0 Å². The summed E-state index contributed by atoms with van der Waals surface area (Å²) in [6, 6.07) is -0.830. The standard InChI is InChI=1S/C11H18N2O4/c1-17-10(15)7-13-8(5-6-14)3-2-4-9(12)11(13)16/h6,8-9H,2-5,7,12H2,1H3/t8-,9+/m1/s1. The van der Waals surface area contributed by atoms with Crippen molar-refractivity contribution in [2.75, 3.05) is 13.7 Å². The molecule has 0 radical (unpaired) electrons. The molecule has 0 aromatic heterocycles. The quantitative estimate of drug-likeness (QED) is 0.528. The molecule has 96 valence electrons. The first-order chi connectivity index (χ1) is 8.10. The lowest BCUT2D eigenvalue weighted by molar-refractivity contribution is -0.149. The molecule has 1 fully saturated rings. The fourth-order valence-corrected chi connectivity index (χ4v) is 2.01. The molecular weight excluding hydrogens is 224 g/mol. The molecule has 0 aromatic rings. The number of hydrogen-bond acceptors (Lipinski definition) is 5. The van der Waals surface area contributed by atoms with Crippen molar-refractivity contribution in [3.05, 3.63) is 0 Å². The van der Waals surface area contributed by atoms with Gasteiger partial charge in [0.2, 0.25) is 5.91 Å². The Labute approximate surface area is 100 Å². The monoisotopic (exact) mass is 242 g/mol. The van der Waals surface area contributed by atoms with Gasteiger partial charge in [-0.2, -0.15) is 0 Å². The normalized spacial score (nSPS) is 25.3. The van der Waals surface area contributed by atoms with Crippen molar-refractivity contribution in [2.45, 2.75) is 37.8 Å². The molecule has 0 bridgehead atoms. The van der Waals surface area contributed by atoms with Gasteiger partial charge in [-0.25, -0.2) is 0 Å². The van der Waals surface area contributed by atoms with Gasteiger partial charge >= 0.3 is 5.97 Å². The molecule has 0 saturated carbocycles. The number of ether oxygens (including phenoxy) is 1. The van der Waals surface area contributed by atoms with Crippen LogP contribution in [-0.4, -0.2) is 48.8 Å². The first-order valence-electron chi connectivity index (χ1n) is 5.66. The average molecular weight is 242 g/mol. The molecule has 2 atom stereocenters. The summed E-state index contributed by atoms with van der Waals surface area (Å²) in [5, 5.41) is 0. The van der Waals surface area contributed by atoms with E-state index in [2.05, 4.69) is 4.74 Å². The van der Waals surface area contributed by atoms with E-state index in [0.717, 1.165) is 12.7 Å². The zero-order valence-electron chi connectivity index (χ0n) is 9.93. The van der Waals surface area contributed by atoms with Crippen LogP contribution in [0.5, 0.6) is 0 Å². The van der Waals surface area contributed by atoms with E-state index in [0.29, 0.717) is 12.8 Å². The number of nitrogens with two attached hydrogens (primary N) is 1. The maximum Gasteiger partial charge on any atom is 0.325 e. The predicted octanol–water partition coefficient (Wildman–Crippen LogP) is -0.543. The topological polar surface area (TPSA) is 89.7 Å². The summed E-state index contributed by atoms with van der Waals surface area (Å²) in [5.74, 6) is -0.775. The molecule has 1 saturated heterocycles. The highest BCUT2D eigenvalue weighted by atomic mass is 16.5. The van der Waals surface area contributed by atoms with Crippen LogP contribution in [0.4, 0.5) is 0 Å². The lowest BCUT2D eigenvalue weighted by Gasteiger charge is -2.28. The van der Waals surface area contributed by atoms with Crippen molar-refractivity contribution in [2.24, 2.45) is 5.73 Å². The van der Waals surface area contributed by atoms with Crippen LogP contribution in [0.15, 0.2) is 0 Å². The number of nitrogens with zero attached hydrogens (tertiary/aromatic N) is 1. The highest BCUT2D eigenvalue weighted by Gasteiger charge is 2.32. The number of methoxy groups -OCH3 is 1. The maximum atomic E-state index is 12.0. The molecule has 17 heavy (non-hydrogen) atoms. The SMILES string of the molecule is COC(=O)CN1C(=O)[C@@H](N)CCC[C@@H]1CC=O. The van der Waals surface area contributed by atoms with E-state index >= 15 is 0 Å². The number of carbonyl (C=O) groups excluding carboxylic acids is 3. The van der Waals surface area contributed by atoms with E-state index in [1.54, 1.807) is 0 Å². The van der Waals surface area contributed by atoms with Gasteiger partial charge < -0.3 is 20.2 Å². The van der Waals surface area contributed by atoms with E-state index in [-0.39, 0.29) is 24.9 Å². The van der Waals surface area contributed by atoms with Crippen molar-refractivity contribution >= 4 is 18.2 Å². The van der Waals surface area contributed by atoms with Crippen LogP contribution < -0.4 is 5.73 Å². The van der Waals surface area contributed by atoms with E-state index < -0.39 is 12.0 Å². The van der Waals surface area contributed by atoms with Crippen LogP contribution in [-0.2, 0) is 19.1 Å². The van der Waals surface area contributed by atoms with E-state index in [1.807, 2.05) is 0 Å². The zero-order chi connectivity index (χ0) is 12.8. The van der Waals surface area contributed by atoms with Crippen molar-refractivity contribution in [3.8, 4) is 0 Å². The summed E-state index contributed by atoms with van der Waals surface area (Å²) in [6.07, 6.45) is 3.05. The van der Waals surface area contributed by atoms with E-state index in [9.17, 15) is 14.4 Å². The van der Waals surface area contributed by atoms with Crippen LogP contribution in [0.25, 0.3) is 0 Å². The summed E-state index contributed by atoms with van der Waals surface area (Å²) in [6.45, 7) is -0.137. The number of esters is 1. The zero-order valence-corrected chi connectivity index (χ0v) is 9.93. The molecule has 2 N–H and O–H groups in total. The predicted molar refractivity (Wildman–Crippen MR) is 60.0 cm³/mol. The Morgan fingerprint density at radius 1 is 1.59 bits per heavy atom. The third-order valence-electron chi connectivity index (χ3n) is 2.99. The third-order valence-corrected chi connectivity index (χ3v) is 2.99. The van der Waals surface area contributed by atoms with Crippen LogP contribution >= 0.6 is 0 Å². The smallest absolute Gasteiger partial charge is 0.325 e. The van der Waals surface area contributed by atoms with Crippen molar-refractivity contribution in [3.63, 3.8) is 0 Å². The van der Waals surface area contributed by atoms with Crippen molar-refractivity contribution in [1.29, 1.82) is 0 Å². The molecule has 0 aliphatic carbocycles. The van der Waals surface area contributed by atoms with Gasteiger partial charge in [-0.05, 0) is 19.3 Å². The van der Waals surface area contributed by atoms with Crippen LogP contribution in [0.2, 0.25) is 0 Å². The molecule has 6 nitrogen and oxygen atoms in total. The second-order valence-corrected chi connectivity index (χ2v) is 4.14. The van der Waals surface area contributed by atoms with Gasteiger partial charge in [0.25, 0.3) is 0 Å². The molecular formula is C11H18N2O4. The van der Waals surface area contributed by atoms with Crippen LogP contribution in [0, 0.1) is 0 Å². The lowest BCUT2D eigenvalue weighted by Crippen LogP contribution is -2.49. The number of aldehydes is 1. The van der Waals surface area contributed by atoms with Gasteiger partial charge in [0.05, 0.1) is 13.2 Å². The largest absolute Gasteiger partial charge is 0.468 e. The first kappa shape index (κ1) is 13.6. The second-order valence-electron chi connectivity index (χ2n) is 4.14. The Morgan fingerprint density at radius 3 is 2.88 bits per heavy atom. The highest BCUT2D eigenvalue weighted by molar-refractivity contribution is 5.86. The summed E-state index contributed by atoms with van der Waals surface area (Å²) in [4.78, 5) is 35.2. The minimum absolute atomic E-state index is 0.137. The summed E-state index contributed by atoms with van der Waals surface area (Å²) < 4.78 is 4.54. The Balaban J connectivity index is 2.82. The molecule has 6 heteroatoms. The Bertz CT molecular complexity index is 306. The van der Waals surface area contributed by atoms with Gasteiger partial charge in [0, 0.05) is 12.5 Å². The summed E-state index contributed by atoms with van der Waals surface area (Å²) in [5.41, 5.74) is 5.71. The molecule has 1 rings (SSSR count). The maximum absolute atomic E-state index is 12.0. The lowest BCUT2D eigenvalue weighted by atomic mass is 10.1. The number of carbonyl (C=O) groups is 3. The molecule has 0 aromatic carbocycles. The molecule has 1 aliphatic heterocycles. The summed E-state index contributed by atoms with van der Waals surface area (Å²) >= 11 is 0. The Morgan fingerprint density at radius 2 is 2.29 bits per heavy atom. The van der Waals surface area contributed by atoms with Gasteiger partial charge in [0.15, 0.2) is 0 Å². The van der Waals surface area contributed by atoms with Gasteiger partial charge in [-0.3, -0.25) is 9.59 Å². The fourth-order valence-electron chi connectivity index (χ4n) is 2.01. The minimum atomic E-state index is -0.587. The fraction of sp³-hybridized carbons (Fsp3) is 0.727. The second kappa shape index (κ2) is 6.34. The van der Waals surface area contributed by atoms with E-state index in [1.165, 1.54) is 12.0 Å². The molecule has 1 heterocycles. The Hall–Kier alpha value is -1.43. The number of amides is 1. The van der Waals surface area contributed by atoms with Crippen molar-refractivity contribution in [1.82, 2.24) is 4.90 Å². The molecule has 0 spiro atoms. The van der Waals surface area contributed by atoms with Crippen LogP contribution in [0.1, 0.15) is 25.7 Å². The van der Waals surface area contributed by atoms with Gasteiger partial charge in [-0.1, -0.05) is 0 Å². The summed E-state index contributed by atoms with van der Waals surface area (Å²) in [7, 11) is 1.26. The van der Waals surface area contributed by atoms with Gasteiger partial charge in [0.1, 0.15) is 12.8 Å². The minimum Gasteiger partial charge on any atom is -0.468 e. The van der Waals surface area contributed by atoms with E-state index in [4.69, 9.17) is 5.73 Å². The van der Waals surface area contributed by atoms with Crippen molar-refractivity contribution < 1.29 is 19.1 Å². The Kier molecular flexibility index (Phi) is 5.09. The van der Waals surface area contributed by atoms with Gasteiger partial charge in [-0.15, -0.1) is 0 Å². The first-order valence-corrected chi connectivity index (χ1v) is 5.66. The molecule has 1 aliphatic rings. The highest BCUT2D eigenvalue weighted by Crippen LogP contribution is 2.19.